The van der Waals surface area contributed by atoms with E-state index in [9.17, 15) is 0 Å². The number of hydrogen-bond acceptors (Lipinski definition) is 2. The molecule has 3 aromatic heterocycles. The number of nitrogens with zero attached hydrogens (tertiary/aromatic N) is 4. The van der Waals surface area contributed by atoms with Crippen molar-refractivity contribution in [3.63, 3.8) is 0 Å². The first-order valence-electron chi connectivity index (χ1n) is 16.9. The molecule has 0 atom stereocenters. The number of fused-ring (bicyclic) bond motifs is 6. The van der Waals surface area contributed by atoms with Gasteiger partial charge in [-0.25, -0.2) is 9.97 Å². The van der Waals surface area contributed by atoms with Crippen molar-refractivity contribution in [2.45, 2.75) is 0 Å². The van der Waals surface area contributed by atoms with Crippen molar-refractivity contribution in [1.29, 1.82) is 0 Å². The Balaban J connectivity index is 1.11. The number of benzene rings is 7. The summed E-state index contributed by atoms with van der Waals surface area (Å²) < 4.78 is 4.65. The van der Waals surface area contributed by atoms with Crippen molar-refractivity contribution in [3.05, 3.63) is 182 Å². The Morgan fingerprint density at radius 3 is 1.68 bits per heavy atom. The predicted molar refractivity (Wildman–Crippen MR) is 207 cm³/mol. The van der Waals surface area contributed by atoms with Crippen LogP contribution in [0.25, 0.3) is 88.8 Å². The second-order valence-corrected chi connectivity index (χ2v) is 12.7. The van der Waals surface area contributed by atoms with E-state index in [1.165, 1.54) is 43.5 Å². The number of rotatable bonds is 5. The largest absolute Gasteiger partial charge is 0.317 e. The van der Waals surface area contributed by atoms with Crippen molar-refractivity contribution >= 4 is 43.5 Å². The quantitative estimate of drug-likeness (QED) is 0.188. The molecule has 0 bridgehead atoms. The zero-order valence-corrected chi connectivity index (χ0v) is 27.1. The highest BCUT2D eigenvalue weighted by Gasteiger charge is 2.16. The second kappa shape index (κ2) is 11.4. The molecule has 0 aliphatic carbocycles. The maximum Gasteiger partial charge on any atom is 0.160 e. The van der Waals surface area contributed by atoms with E-state index >= 15 is 0 Å². The third kappa shape index (κ3) is 4.61. The summed E-state index contributed by atoms with van der Waals surface area (Å²) in [5, 5.41) is 6.20. The van der Waals surface area contributed by atoms with Crippen LogP contribution in [0.15, 0.2) is 182 Å². The van der Waals surface area contributed by atoms with Crippen molar-refractivity contribution in [2.24, 2.45) is 0 Å². The van der Waals surface area contributed by atoms with Gasteiger partial charge in [0.05, 0.1) is 27.9 Å². The molecule has 0 saturated heterocycles. The van der Waals surface area contributed by atoms with Gasteiger partial charge in [0.1, 0.15) is 0 Å². The Labute approximate surface area is 289 Å². The van der Waals surface area contributed by atoms with Gasteiger partial charge in [-0.1, -0.05) is 103 Å². The average Bonchev–Trinajstić information content (AvgIpc) is 3.77. The summed E-state index contributed by atoms with van der Waals surface area (Å²) >= 11 is 0. The summed E-state index contributed by atoms with van der Waals surface area (Å²) in [5.74, 6) is 0.705. The van der Waals surface area contributed by atoms with Gasteiger partial charge in [0, 0.05) is 50.4 Å². The first-order chi connectivity index (χ1) is 24.8. The Morgan fingerprint density at radius 2 is 0.980 bits per heavy atom. The molecule has 10 aromatic rings. The van der Waals surface area contributed by atoms with Crippen LogP contribution in [0.5, 0.6) is 0 Å². The lowest BCUT2D eigenvalue weighted by Gasteiger charge is -2.12. The Hall–Kier alpha value is -6.78. The minimum atomic E-state index is 0.705. The molecule has 0 saturated carbocycles. The van der Waals surface area contributed by atoms with E-state index in [0.717, 1.165) is 39.5 Å². The standard InChI is InChI=1S/C46H30N4/c1-4-12-31(13-5-1)41-30-42(32-14-6-2-7-15-32)48-46(47-41)33-20-23-36(24-21-33)50-44-19-11-10-18-37(44)40-29-39-34(28-45(40)50)22-25-43-38(39)26-27-49(43)35-16-8-3-9-17-35/h1-30H. The Kier molecular flexibility index (Phi) is 6.46. The van der Waals surface area contributed by atoms with Crippen LogP contribution in [0.2, 0.25) is 0 Å². The molecule has 4 heteroatoms. The minimum absolute atomic E-state index is 0.705. The predicted octanol–water partition coefficient (Wildman–Crippen LogP) is 11.7. The molecule has 7 aromatic carbocycles. The molecular formula is C46H30N4. The van der Waals surface area contributed by atoms with Crippen LogP contribution in [-0.2, 0) is 0 Å². The molecular weight excluding hydrogens is 609 g/mol. The summed E-state index contributed by atoms with van der Waals surface area (Å²) in [5.41, 5.74) is 10.7. The van der Waals surface area contributed by atoms with Crippen LogP contribution >= 0.6 is 0 Å². The first-order valence-corrected chi connectivity index (χ1v) is 16.9. The fourth-order valence-corrected chi connectivity index (χ4v) is 7.35. The van der Waals surface area contributed by atoms with Gasteiger partial charge in [0.25, 0.3) is 0 Å². The highest BCUT2D eigenvalue weighted by atomic mass is 15.0. The van der Waals surface area contributed by atoms with E-state index in [-0.39, 0.29) is 0 Å². The monoisotopic (exact) mass is 638 g/mol. The molecule has 0 radical (unpaired) electrons. The van der Waals surface area contributed by atoms with Gasteiger partial charge in [0.2, 0.25) is 0 Å². The van der Waals surface area contributed by atoms with Gasteiger partial charge in [-0.15, -0.1) is 0 Å². The van der Waals surface area contributed by atoms with Gasteiger partial charge in [-0.05, 0) is 83.6 Å². The molecule has 0 N–H and O–H groups in total. The van der Waals surface area contributed by atoms with Gasteiger partial charge in [-0.3, -0.25) is 0 Å². The number of para-hydroxylation sites is 2. The van der Waals surface area contributed by atoms with E-state index in [1.807, 2.05) is 36.4 Å². The van der Waals surface area contributed by atoms with Crippen LogP contribution in [-0.4, -0.2) is 19.1 Å². The lowest BCUT2D eigenvalue weighted by Crippen LogP contribution is -1.97. The topological polar surface area (TPSA) is 35.6 Å². The summed E-state index contributed by atoms with van der Waals surface area (Å²) in [6.45, 7) is 0. The fraction of sp³-hybridized carbons (Fsp3) is 0. The maximum absolute atomic E-state index is 5.05. The fourth-order valence-electron chi connectivity index (χ4n) is 7.35. The summed E-state index contributed by atoms with van der Waals surface area (Å²) in [6.07, 6.45) is 2.18. The second-order valence-electron chi connectivity index (χ2n) is 12.7. The molecule has 0 fully saturated rings. The summed E-state index contributed by atoms with van der Waals surface area (Å²) in [4.78, 5) is 10.1. The van der Waals surface area contributed by atoms with Gasteiger partial charge >= 0.3 is 0 Å². The minimum Gasteiger partial charge on any atom is -0.317 e. The number of aromatic nitrogens is 4. The Morgan fingerprint density at radius 1 is 0.360 bits per heavy atom. The van der Waals surface area contributed by atoms with Crippen LogP contribution in [0.4, 0.5) is 0 Å². The Bertz CT molecular complexity index is 2770. The van der Waals surface area contributed by atoms with Crippen molar-refractivity contribution in [2.75, 3.05) is 0 Å². The van der Waals surface area contributed by atoms with Crippen LogP contribution < -0.4 is 0 Å². The van der Waals surface area contributed by atoms with Crippen molar-refractivity contribution in [1.82, 2.24) is 19.1 Å². The van der Waals surface area contributed by atoms with Crippen LogP contribution in [0.3, 0.4) is 0 Å². The number of hydrogen-bond donors (Lipinski definition) is 0. The molecule has 0 amide bonds. The zero-order valence-electron chi connectivity index (χ0n) is 27.1. The molecule has 10 rings (SSSR count). The molecule has 234 valence electrons. The molecule has 3 heterocycles. The molecule has 0 aliphatic rings. The molecule has 0 unspecified atom stereocenters. The van der Waals surface area contributed by atoms with Gasteiger partial charge in [0.15, 0.2) is 5.82 Å². The SMILES string of the molecule is c1ccc(-c2cc(-c3ccccc3)nc(-c3ccc(-n4c5ccccc5c5cc6c(ccc7c6ccn7-c6ccccc6)cc54)cc3)n2)cc1. The third-order valence-electron chi connectivity index (χ3n) is 9.76. The van der Waals surface area contributed by atoms with Crippen molar-refractivity contribution in [3.8, 4) is 45.3 Å². The molecule has 0 aliphatic heterocycles. The van der Waals surface area contributed by atoms with Gasteiger partial charge in [-0.2, -0.15) is 0 Å². The maximum atomic E-state index is 5.05. The van der Waals surface area contributed by atoms with Crippen molar-refractivity contribution < 1.29 is 0 Å². The van der Waals surface area contributed by atoms with E-state index in [0.29, 0.717) is 5.82 Å². The highest BCUT2D eigenvalue weighted by Crippen LogP contribution is 2.38. The smallest absolute Gasteiger partial charge is 0.160 e. The highest BCUT2D eigenvalue weighted by molar-refractivity contribution is 6.18. The van der Waals surface area contributed by atoms with E-state index < -0.39 is 0 Å². The summed E-state index contributed by atoms with van der Waals surface area (Å²) in [7, 11) is 0. The summed E-state index contributed by atoms with van der Waals surface area (Å²) in [6, 6.07) is 62.1. The van der Waals surface area contributed by atoms with E-state index in [1.54, 1.807) is 0 Å². The third-order valence-corrected chi connectivity index (χ3v) is 9.76. The first kappa shape index (κ1) is 28.3. The molecule has 0 spiro atoms. The average molecular weight is 639 g/mol. The molecule has 4 nitrogen and oxygen atoms in total. The van der Waals surface area contributed by atoms with E-state index in [2.05, 4.69) is 155 Å². The van der Waals surface area contributed by atoms with Gasteiger partial charge < -0.3 is 9.13 Å². The zero-order chi connectivity index (χ0) is 33.0. The van der Waals surface area contributed by atoms with Crippen LogP contribution in [0, 0.1) is 0 Å². The molecule has 50 heavy (non-hydrogen) atoms. The lowest BCUT2D eigenvalue weighted by molar-refractivity contribution is 1.13. The van der Waals surface area contributed by atoms with Crippen LogP contribution in [0.1, 0.15) is 0 Å². The van der Waals surface area contributed by atoms with E-state index in [4.69, 9.17) is 9.97 Å². The normalized spacial score (nSPS) is 11.6. The lowest BCUT2D eigenvalue weighted by atomic mass is 10.0.